The summed E-state index contributed by atoms with van der Waals surface area (Å²) in [6, 6.07) is 0. The minimum atomic E-state index is 0.0449. The highest BCUT2D eigenvalue weighted by atomic mass is 16.3. The second-order valence-electron chi connectivity index (χ2n) is 1.78. The summed E-state index contributed by atoms with van der Waals surface area (Å²) < 4.78 is 0. The van der Waals surface area contributed by atoms with Crippen molar-refractivity contribution in [3.8, 4) is 0 Å². The maximum absolute atomic E-state index is 10.5. The predicted molar refractivity (Wildman–Crippen MR) is 46.4 cm³/mol. The fraction of sp³-hybridized carbons (Fsp3) is 0.875. The van der Waals surface area contributed by atoms with Gasteiger partial charge >= 0.3 is 0 Å². The van der Waals surface area contributed by atoms with Crippen LogP contribution >= 0.6 is 0 Å². The van der Waals surface area contributed by atoms with E-state index in [0.29, 0.717) is 19.4 Å². The molecule has 1 amide bonds. The number of hydrogen-bond donors (Lipinski definition) is 2. The first-order valence-electron chi connectivity index (χ1n) is 4.18. The summed E-state index contributed by atoms with van der Waals surface area (Å²) in [5.74, 6) is 0.0449. The Labute approximate surface area is 68.8 Å². The molecule has 0 saturated carbocycles. The SMILES string of the molecule is CC.CCC(=O)NCCCO. The zero-order valence-electron chi connectivity index (χ0n) is 7.68. The number of aliphatic hydroxyl groups is 1. The van der Waals surface area contributed by atoms with E-state index in [2.05, 4.69) is 5.32 Å². The quantitative estimate of drug-likeness (QED) is 0.602. The van der Waals surface area contributed by atoms with Gasteiger partial charge in [-0.25, -0.2) is 0 Å². The lowest BCUT2D eigenvalue weighted by molar-refractivity contribution is -0.120. The third-order valence-corrected chi connectivity index (χ3v) is 0.978. The standard InChI is InChI=1S/C6H13NO2.C2H6/c1-2-6(9)7-4-3-5-8;1-2/h8H,2-5H2,1H3,(H,7,9);1-2H3. The molecule has 0 aromatic heterocycles. The zero-order chi connectivity index (χ0) is 9.11. The molecule has 0 aromatic rings. The molecule has 11 heavy (non-hydrogen) atoms. The molecule has 0 saturated heterocycles. The van der Waals surface area contributed by atoms with Crippen molar-refractivity contribution in [1.29, 1.82) is 0 Å². The first kappa shape index (κ1) is 13.1. The summed E-state index contributed by atoms with van der Waals surface area (Å²) in [6.07, 6.45) is 1.16. The molecule has 68 valence electrons. The summed E-state index contributed by atoms with van der Waals surface area (Å²) in [5.41, 5.74) is 0. The summed E-state index contributed by atoms with van der Waals surface area (Å²) in [4.78, 5) is 10.5. The Bertz CT molecular complexity index is 84.2. The minimum Gasteiger partial charge on any atom is -0.396 e. The van der Waals surface area contributed by atoms with Gasteiger partial charge in [-0.2, -0.15) is 0 Å². The lowest BCUT2D eigenvalue weighted by Crippen LogP contribution is -2.23. The number of amides is 1. The first-order valence-corrected chi connectivity index (χ1v) is 4.18. The van der Waals surface area contributed by atoms with Gasteiger partial charge < -0.3 is 10.4 Å². The number of nitrogens with one attached hydrogen (secondary N) is 1. The molecule has 0 fully saturated rings. The van der Waals surface area contributed by atoms with Crippen LogP contribution in [0.3, 0.4) is 0 Å². The van der Waals surface area contributed by atoms with Crippen molar-refractivity contribution in [1.82, 2.24) is 5.32 Å². The fourth-order valence-electron chi connectivity index (χ4n) is 0.432. The van der Waals surface area contributed by atoms with Gasteiger partial charge in [0.15, 0.2) is 0 Å². The average molecular weight is 161 g/mol. The van der Waals surface area contributed by atoms with Gasteiger partial charge in [-0.1, -0.05) is 20.8 Å². The maximum Gasteiger partial charge on any atom is 0.219 e. The molecule has 0 aromatic carbocycles. The summed E-state index contributed by atoms with van der Waals surface area (Å²) >= 11 is 0. The molecule has 0 bridgehead atoms. The van der Waals surface area contributed by atoms with E-state index in [1.54, 1.807) is 6.92 Å². The van der Waals surface area contributed by atoms with Crippen molar-refractivity contribution in [2.45, 2.75) is 33.6 Å². The molecule has 2 N–H and O–H groups in total. The lowest BCUT2D eigenvalue weighted by Gasteiger charge is -1.98. The van der Waals surface area contributed by atoms with Crippen molar-refractivity contribution in [3.63, 3.8) is 0 Å². The fourth-order valence-corrected chi connectivity index (χ4v) is 0.432. The van der Waals surface area contributed by atoms with Gasteiger partial charge in [0.1, 0.15) is 0 Å². The summed E-state index contributed by atoms with van der Waals surface area (Å²) in [7, 11) is 0. The number of rotatable bonds is 4. The van der Waals surface area contributed by atoms with Gasteiger partial charge in [0, 0.05) is 19.6 Å². The predicted octanol–water partition coefficient (Wildman–Crippen LogP) is 0.921. The molecule has 0 radical (unpaired) electrons. The van der Waals surface area contributed by atoms with Gasteiger partial charge in [0.2, 0.25) is 5.91 Å². The van der Waals surface area contributed by atoms with E-state index in [-0.39, 0.29) is 12.5 Å². The number of hydrogen-bond acceptors (Lipinski definition) is 2. The normalized spacial score (nSPS) is 8.00. The van der Waals surface area contributed by atoms with Crippen LogP contribution in [-0.2, 0) is 4.79 Å². The Balaban J connectivity index is 0. The second-order valence-corrected chi connectivity index (χ2v) is 1.78. The first-order chi connectivity index (χ1) is 5.31. The Morgan fingerprint density at radius 2 is 2.00 bits per heavy atom. The molecule has 0 aliphatic rings. The van der Waals surface area contributed by atoms with Gasteiger partial charge in [-0.3, -0.25) is 4.79 Å². The van der Waals surface area contributed by atoms with Crippen molar-refractivity contribution in [2.75, 3.05) is 13.2 Å². The van der Waals surface area contributed by atoms with Crippen molar-refractivity contribution < 1.29 is 9.90 Å². The van der Waals surface area contributed by atoms with E-state index in [1.807, 2.05) is 13.8 Å². The van der Waals surface area contributed by atoms with E-state index < -0.39 is 0 Å². The average Bonchev–Trinajstić information content (AvgIpc) is 2.08. The van der Waals surface area contributed by atoms with Crippen molar-refractivity contribution >= 4 is 5.91 Å². The maximum atomic E-state index is 10.5. The molecule has 0 unspecified atom stereocenters. The minimum absolute atomic E-state index is 0.0449. The lowest BCUT2D eigenvalue weighted by atomic mass is 10.4. The van der Waals surface area contributed by atoms with E-state index >= 15 is 0 Å². The molecule has 3 heteroatoms. The van der Waals surface area contributed by atoms with Gasteiger partial charge in [-0.05, 0) is 6.42 Å². The zero-order valence-corrected chi connectivity index (χ0v) is 7.68. The molecular weight excluding hydrogens is 142 g/mol. The molecule has 3 nitrogen and oxygen atoms in total. The highest BCUT2D eigenvalue weighted by Gasteiger charge is 1.92. The molecule has 0 atom stereocenters. The molecule has 0 aliphatic carbocycles. The van der Waals surface area contributed by atoms with Crippen molar-refractivity contribution in [3.05, 3.63) is 0 Å². The smallest absolute Gasteiger partial charge is 0.219 e. The molecular formula is C8H19NO2. The third-order valence-electron chi connectivity index (χ3n) is 0.978. The van der Waals surface area contributed by atoms with Gasteiger partial charge in [0.05, 0.1) is 0 Å². The number of aliphatic hydroxyl groups excluding tert-OH is 1. The van der Waals surface area contributed by atoms with Crippen molar-refractivity contribution in [2.24, 2.45) is 0 Å². The van der Waals surface area contributed by atoms with Crippen LogP contribution in [0, 0.1) is 0 Å². The van der Waals surface area contributed by atoms with Crippen LogP contribution in [0.4, 0.5) is 0 Å². The molecule has 0 heterocycles. The Kier molecular flexibility index (Phi) is 14.4. The van der Waals surface area contributed by atoms with Crippen LogP contribution in [0.2, 0.25) is 0 Å². The Morgan fingerprint density at radius 1 is 1.45 bits per heavy atom. The highest BCUT2D eigenvalue weighted by molar-refractivity contribution is 5.75. The Morgan fingerprint density at radius 3 is 2.36 bits per heavy atom. The second kappa shape index (κ2) is 12.1. The van der Waals surface area contributed by atoms with Crippen LogP contribution in [0.15, 0.2) is 0 Å². The van der Waals surface area contributed by atoms with E-state index in [4.69, 9.17) is 5.11 Å². The van der Waals surface area contributed by atoms with Gasteiger partial charge in [0.25, 0.3) is 0 Å². The Hall–Kier alpha value is -0.570. The molecule has 0 spiro atoms. The van der Waals surface area contributed by atoms with E-state index in [0.717, 1.165) is 0 Å². The summed E-state index contributed by atoms with van der Waals surface area (Å²) in [6.45, 7) is 6.53. The van der Waals surface area contributed by atoms with Crippen LogP contribution in [0.5, 0.6) is 0 Å². The van der Waals surface area contributed by atoms with E-state index in [9.17, 15) is 4.79 Å². The molecule has 0 rings (SSSR count). The molecule has 0 aliphatic heterocycles. The van der Waals surface area contributed by atoms with E-state index in [1.165, 1.54) is 0 Å². The van der Waals surface area contributed by atoms with Gasteiger partial charge in [-0.15, -0.1) is 0 Å². The highest BCUT2D eigenvalue weighted by Crippen LogP contribution is 1.76. The van der Waals surface area contributed by atoms with Crippen LogP contribution in [-0.4, -0.2) is 24.2 Å². The van der Waals surface area contributed by atoms with Crippen LogP contribution in [0.1, 0.15) is 33.6 Å². The summed E-state index contributed by atoms with van der Waals surface area (Å²) in [5, 5.41) is 10.9. The third kappa shape index (κ3) is 12.6. The van der Waals surface area contributed by atoms with Crippen LogP contribution < -0.4 is 5.32 Å². The topological polar surface area (TPSA) is 49.3 Å². The largest absolute Gasteiger partial charge is 0.396 e. The monoisotopic (exact) mass is 161 g/mol. The number of carbonyl (C=O) groups excluding carboxylic acids is 1. The van der Waals surface area contributed by atoms with Crippen LogP contribution in [0.25, 0.3) is 0 Å². The number of carbonyl (C=O) groups is 1.